The minimum absolute atomic E-state index is 0.760. The molecule has 2 N–H and O–H groups in total. The van der Waals surface area contributed by atoms with Gasteiger partial charge in [0.1, 0.15) is 0 Å². The van der Waals surface area contributed by atoms with Crippen molar-refractivity contribution >= 4 is 17.0 Å². The number of aryl methyl sites for hydroxylation is 1. The molecule has 0 fully saturated rings. The van der Waals surface area contributed by atoms with Gasteiger partial charge in [-0.15, -0.1) is 11.3 Å². The van der Waals surface area contributed by atoms with Gasteiger partial charge in [0.05, 0.1) is 12.0 Å². The summed E-state index contributed by atoms with van der Waals surface area (Å²) in [7, 11) is 0. The monoisotopic (exact) mass is 256 g/mol. The topological polar surface area (TPSA) is 52.0 Å². The van der Waals surface area contributed by atoms with Crippen LogP contribution >= 0.6 is 11.3 Å². The van der Waals surface area contributed by atoms with Gasteiger partial charge in [-0.25, -0.2) is 4.98 Å². The second kappa shape index (κ2) is 4.31. The largest absolute Gasteiger partial charge is 0.462 e. The smallest absolute Gasteiger partial charge is 0.165 e. The lowest BCUT2D eigenvalue weighted by atomic mass is 10.1. The van der Waals surface area contributed by atoms with Crippen molar-refractivity contribution in [2.24, 2.45) is 0 Å². The zero-order valence-electron chi connectivity index (χ0n) is 9.88. The summed E-state index contributed by atoms with van der Waals surface area (Å²) in [5, 5.41) is 2.94. The molecule has 2 heterocycles. The first-order valence-electron chi connectivity index (χ1n) is 5.60. The van der Waals surface area contributed by atoms with E-state index < -0.39 is 0 Å². The maximum atomic E-state index is 5.67. The Bertz CT molecular complexity index is 667. The molecule has 0 aliphatic rings. The number of benzene rings is 1. The molecule has 3 rings (SSSR count). The van der Waals surface area contributed by atoms with E-state index in [4.69, 9.17) is 10.2 Å². The standard InChI is InChI=1S/C14H12N2OS/c1-9-6-7-17-13(9)14-16-12(8-18-14)10-2-4-11(15)5-3-10/h2-8H,15H2,1H3. The average molecular weight is 256 g/mol. The zero-order valence-corrected chi connectivity index (χ0v) is 10.7. The lowest BCUT2D eigenvalue weighted by molar-refractivity contribution is 0.580. The van der Waals surface area contributed by atoms with E-state index in [1.165, 1.54) is 0 Å². The van der Waals surface area contributed by atoms with E-state index in [0.717, 1.165) is 33.3 Å². The lowest BCUT2D eigenvalue weighted by Crippen LogP contribution is -1.84. The minimum Gasteiger partial charge on any atom is -0.462 e. The van der Waals surface area contributed by atoms with Crippen LogP contribution in [0.1, 0.15) is 5.56 Å². The molecular formula is C14H12N2OS. The van der Waals surface area contributed by atoms with E-state index in [1.54, 1.807) is 17.6 Å². The molecule has 0 radical (unpaired) electrons. The number of nitrogens with two attached hydrogens (primary N) is 1. The molecule has 2 aromatic heterocycles. The fraction of sp³-hybridized carbons (Fsp3) is 0.0714. The number of hydrogen-bond acceptors (Lipinski definition) is 4. The molecule has 1 aromatic carbocycles. The van der Waals surface area contributed by atoms with Crippen LogP contribution in [0.4, 0.5) is 5.69 Å². The van der Waals surface area contributed by atoms with Crippen molar-refractivity contribution < 1.29 is 4.42 Å². The number of nitrogens with zero attached hydrogens (tertiary/aromatic N) is 1. The fourth-order valence-electron chi connectivity index (χ4n) is 1.76. The normalized spacial score (nSPS) is 10.7. The third kappa shape index (κ3) is 1.91. The van der Waals surface area contributed by atoms with E-state index in [0.29, 0.717) is 0 Å². The van der Waals surface area contributed by atoms with Gasteiger partial charge in [0.25, 0.3) is 0 Å². The van der Waals surface area contributed by atoms with Crippen LogP contribution in [-0.4, -0.2) is 4.98 Å². The van der Waals surface area contributed by atoms with Crippen LogP contribution in [0.5, 0.6) is 0 Å². The summed E-state index contributed by atoms with van der Waals surface area (Å²) >= 11 is 1.58. The van der Waals surface area contributed by atoms with E-state index in [9.17, 15) is 0 Å². The van der Waals surface area contributed by atoms with Crippen LogP contribution in [0.3, 0.4) is 0 Å². The Hall–Kier alpha value is -2.07. The van der Waals surface area contributed by atoms with E-state index in [2.05, 4.69) is 4.98 Å². The minimum atomic E-state index is 0.760. The number of nitrogen functional groups attached to an aromatic ring is 1. The van der Waals surface area contributed by atoms with Gasteiger partial charge in [-0.05, 0) is 30.7 Å². The highest BCUT2D eigenvalue weighted by molar-refractivity contribution is 7.13. The first-order valence-corrected chi connectivity index (χ1v) is 6.48. The molecule has 0 bridgehead atoms. The molecule has 0 amide bonds. The van der Waals surface area contributed by atoms with Crippen LogP contribution in [0.2, 0.25) is 0 Å². The maximum absolute atomic E-state index is 5.67. The van der Waals surface area contributed by atoms with Gasteiger partial charge < -0.3 is 10.2 Å². The summed E-state index contributed by atoms with van der Waals surface area (Å²) in [4.78, 5) is 4.60. The van der Waals surface area contributed by atoms with Gasteiger partial charge in [0, 0.05) is 16.6 Å². The predicted molar refractivity (Wildman–Crippen MR) is 74.4 cm³/mol. The summed E-state index contributed by atoms with van der Waals surface area (Å²) < 4.78 is 5.45. The molecule has 0 aliphatic heterocycles. The summed E-state index contributed by atoms with van der Waals surface area (Å²) in [6.07, 6.45) is 1.69. The molecule has 0 atom stereocenters. The molecular weight excluding hydrogens is 244 g/mol. The van der Waals surface area contributed by atoms with Gasteiger partial charge in [0.2, 0.25) is 0 Å². The number of thiazole rings is 1. The van der Waals surface area contributed by atoms with Gasteiger partial charge in [0.15, 0.2) is 10.8 Å². The summed E-state index contributed by atoms with van der Waals surface area (Å²) in [6.45, 7) is 2.02. The van der Waals surface area contributed by atoms with Crippen molar-refractivity contribution in [3.8, 4) is 22.0 Å². The van der Waals surface area contributed by atoms with Crippen molar-refractivity contribution in [3.05, 3.63) is 47.5 Å². The SMILES string of the molecule is Cc1ccoc1-c1nc(-c2ccc(N)cc2)cs1. The predicted octanol–water partition coefficient (Wildman–Crippen LogP) is 3.96. The Kier molecular flexibility index (Phi) is 2.64. The molecule has 0 saturated carbocycles. The molecule has 4 heteroatoms. The second-order valence-electron chi connectivity index (χ2n) is 4.09. The van der Waals surface area contributed by atoms with E-state index >= 15 is 0 Å². The third-order valence-corrected chi connectivity index (χ3v) is 3.61. The molecule has 0 aliphatic carbocycles. The van der Waals surface area contributed by atoms with E-state index in [1.807, 2.05) is 42.6 Å². The fourth-order valence-corrected chi connectivity index (χ4v) is 2.64. The van der Waals surface area contributed by atoms with Crippen LogP contribution in [0, 0.1) is 6.92 Å². The van der Waals surface area contributed by atoms with Gasteiger partial charge in [-0.2, -0.15) is 0 Å². The molecule has 0 unspecified atom stereocenters. The molecule has 90 valence electrons. The van der Waals surface area contributed by atoms with Gasteiger partial charge >= 0.3 is 0 Å². The first-order chi connectivity index (χ1) is 8.74. The highest BCUT2D eigenvalue weighted by atomic mass is 32.1. The van der Waals surface area contributed by atoms with Crippen molar-refractivity contribution in [1.82, 2.24) is 4.98 Å². The zero-order chi connectivity index (χ0) is 12.5. The maximum Gasteiger partial charge on any atom is 0.165 e. The quantitative estimate of drug-likeness (QED) is 0.706. The highest BCUT2D eigenvalue weighted by Gasteiger charge is 2.11. The van der Waals surface area contributed by atoms with Crippen molar-refractivity contribution in [3.63, 3.8) is 0 Å². The molecule has 3 aromatic rings. The van der Waals surface area contributed by atoms with Gasteiger partial charge in [-0.1, -0.05) is 12.1 Å². The number of rotatable bonds is 2. The summed E-state index contributed by atoms with van der Waals surface area (Å²) in [5.41, 5.74) is 9.55. The van der Waals surface area contributed by atoms with Crippen LogP contribution in [0.15, 0.2) is 46.4 Å². The Morgan fingerprint density at radius 3 is 2.61 bits per heavy atom. The van der Waals surface area contributed by atoms with Crippen LogP contribution in [-0.2, 0) is 0 Å². The Labute approximate surface area is 109 Å². The number of aromatic nitrogens is 1. The van der Waals surface area contributed by atoms with Crippen molar-refractivity contribution in [1.29, 1.82) is 0 Å². The van der Waals surface area contributed by atoms with Gasteiger partial charge in [-0.3, -0.25) is 0 Å². The lowest BCUT2D eigenvalue weighted by Gasteiger charge is -1.97. The number of hydrogen-bond donors (Lipinski definition) is 1. The van der Waals surface area contributed by atoms with Crippen molar-refractivity contribution in [2.75, 3.05) is 5.73 Å². The van der Waals surface area contributed by atoms with Crippen LogP contribution in [0.25, 0.3) is 22.0 Å². The van der Waals surface area contributed by atoms with Crippen molar-refractivity contribution in [2.45, 2.75) is 6.92 Å². The summed E-state index contributed by atoms with van der Waals surface area (Å²) in [6, 6.07) is 9.66. The Morgan fingerprint density at radius 1 is 1.17 bits per heavy atom. The number of furan rings is 1. The average Bonchev–Trinajstić information content (AvgIpc) is 2.98. The Balaban J connectivity index is 1.99. The van der Waals surface area contributed by atoms with E-state index in [-0.39, 0.29) is 0 Å². The molecule has 0 spiro atoms. The summed E-state index contributed by atoms with van der Waals surface area (Å²) in [5.74, 6) is 0.849. The Morgan fingerprint density at radius 2 is 1.94 bits per heavy atom. The second-order valence-corrected chi connectivity index (χ2v) is 4.95. The third-order valence-electron chi connectivity index (χ3n) is 2.77. The first kappa shape index (κ1) is 11.0. The molecule has 18 heavy (non-hydrogen) atoms. The number of anilines is 1. The molecule has 0 saturated heterocycles. The highest BCUT2D eigenvalue weighted by Crippen LogP contribution is 2.31. The van der Waals surface area contributed by atoms with Crippen LogP contribution < -0.4 is 5.73 Å². The molecule has 3 nitrogen and oxygen atoms in total.